The molecule has 88 valence electrons. The molecule has 1 aromatic carbocycles. The van der Waals surface area contributed by atoms with Crippen LogP contribution in [0.15, 0.2) is 43.2 Å². The minimum Gasteiger partial charge on any atom is -0.309 e. The second kappa shape index (κ2) is 5.46. The first kappa shape index (κ1) is 11.6. The first-order valence-corrected chi connectivity index (χ1v) is 5.70. The number of hydrogen-bond donors (Lipinski definition) is 1. The highest BCUT2D eigenvalue weighted by Crippen LogP contribution is 2.04. The average molecular weight is 227 g/mol. The van der Waals surface area contributed by atoms with Crippen LogP contribution in [0.2, 0.25) is 0 Å². The quantitative estimate of drug-likeness (QED) is 0.850. The molecule has 0 amide bonds. The van der Waals surface area contributed by atoms with Crippen LogP contribution < -0.4 is 5.32 Å². The van der Waals surface area contributed by atoms with Gasteiger partial charge in [0.25, 0.3) is 0 Å². The lowest BCUT2D eigenvalue weighted by atomic mass is 10.1. The summed E-state index contributed by atoms with van der Waals surface area (Å²) in [4.78, 5) is 0. The third-order valence-electron chi connectivity index (χ3n) is 2.58. The second-order valence-corrected chi connectivity index (χ2v) is 4.10. The van der Waals surface area contributed by atoms with E-state index in [4.69, 9.17) is 0 Å². The van der Waals surface area contributed by atoms with Gasteiger partial charge in [-0.25, -0.2) is 4.68 Å². The van der Waals surface area contributed by atoms with Crippen LogP contribution >= 0.6 is 0 Å². The third-order valence-corrected chi connectivity index (χ3v) is 2.58. The van der Waals surface area contributed by atoms with Crippen LogP contribution in [0.3, 0.4) is 0 Å². The number of nitrogens with one attached hydrogen (secondary N) is 1. The van der Waals surface area contributed by atoms with Crippen molar-refractivity contribution in [1.29, 1.82) is 0 Å². The van der Waals surface area contributed by atoms with Gasteiger partial charge in [0.2, 0.25) is 0 Å². The maximum absolute atomic E-state index is 4.13. The predicted octanol–water partition coefficient (Wildman–Crippen LogP) is 2.58. The van der Waals surface area contributed by atoms with E-state index in [1.807, 2.05) is 12.4 Å². The molecular weight excluding hydrogens is 210 g/mol. The predicted molar refractivity (Wildman–Crippen MR) is 70.3 cm³/mol. The topological polar surface area (TPSA) is 29.9 Å². The van der Waals surface area contributed by atoms with Gasteiger partial charge < -0.3 is 5.32 Å². The Morgan fingerprint density at radius 1 is 1.35 bits per heavy atom. The van der Waals surface area contributed by atoms with Gasteiger partial charge in [0.05, 0.1) is 6.20 Å². The zero-order valence-electron chi connectivity index (χ0n) is 10.1. The van der Waals surface area contributed by atoms with Crippen molar-refractivity contribution in [2.24, 2.45) is 0 Å². The normalized spacial score (nSPS) is 10.4. The number of hydrogen-bond acceptors (Lipinski definition) is 2. The Kier molecular flexibility index (Phi) is 3.73. The van der Waals surface area contributed by atoms with Gasteiger partial charge in [0.15, 0.2) is 0 Å². The summed E-state index contributed by atoms with van der Waals surface area (Å²) < 4.78 is 1.71. The molecule has 0 fully saturated rings. The van der Waals surface area contributed by atoms with Crippen LogP contribution in [0.1, 0.15) is 16.7 Å². The zero-order chi connectivity index (χ0) is 12.1. The minimum absolute atomic E-state index is 0.821. The van der Waals surface area contributed by atoms with E-state index in [9.17, 15) is 0 Å². The molecule has 0 radical (unpaired) electrons. The van der Waals surface area contributed by atoms with Crippen LogP contribution in [-0.4, -0.2) is 9.78 Å². The van der Waals surface area contributed by atoms with Gasteiger partial charge in [-0.05, 0) is 12.5 Å². The molecule has 0 unspecified atom stereocenters. The molecule has 0 aliphatic heterocycles. The van der Waals surface area contributed by atoms with E-state index in [-0.39, 0.29) is 0 Å². The summed E-state index contributed by atoms with van der Waals surface area (Å²) in [7, 11) is 0. The highest BCUT2D eigenvalue weighted by Gasteiger charge is 1.97. The fourth-order valence-corrected chi connectivity index (χ4v) is 1.74. The van der Waals surface area contributed by atoms with Crippen molar-refractivity contribution >= 4 is 6.20 Å². The molecule has 0 bridgehead atoms. The standard InChI is InChI=1S/C14H17N3/c1-3-17-11-14(10-16-17)9-15-8-13-6-4-5-12(2)7-13/h3-7,10-11,15H,1,8-9H2,2H3. The summed E-state index contributed by atoms with van der Waals surface area (Å²) in [5.74, 6) is 0. The van der Waals surface area contributed by atoms with Gasteiger partial charge in [-0.3, -0.25) is 0 Å². The molecule has 1 aromatic heterocycles. The largest absolute Gasteiger partial charge is 0.309 e. The maximum Gasteiger partial charge on any atom is 0.0538 e. The Hall–Kier alpha value is -1.87. The van der Waals surface area contributed by atoms with Gasteiger partial charge in [-0.2, -0.15) is 5.10 Å². The molecule has 3 nitrogen and oxygen atoms in total. The van der Waals surface area contributed by atoms with Crippen LogP contribution in [0, 0.1) is 6.92 Å². The Bertz CT molecular complexity index is 500. The monoisotopic (exact) mass is 227 g/mol. The molecule has 1 N–H and O–H groups in total. The Balaban J connectivity index is 1.85. The lowest BCUT2D eigenvalue weighted by Crippen LogP contribution is -2.12. The highest BCUT2D eigenvalue weighted by atomic mass is 15.2. The van der Waals surface area contributed by atoms with E-state index in [0.717, 1.165) is 18.7 Å². The summed E-state index contributed by atoms with van der Waals surface area (Å²) in [6.07, 6.45) is 5.51. The molecule has 2 rings (SSSR count). The highest BCUT2D eigenvalue weighted by molar-refractivity contribution is 5.22. The fraction of sp³-hybridized carbons (Fsp3) is 0.214. The maximum atomic E-state index is 4.13. The molecule has 0 saturated carbocycles. The molecule has 0 aliphatic carbocycles. The number of aryl methyl sites for hydroxylation is 1. The van der Waals surface area contributed by atoms with E-state index < -0.39 is 0 Å². The molecular formula is C14H17N3. The third kappa shape index (κ3) is 3.29. The Morgan fingerprint density at radius 2 is 2.18 bits per heavy atom. The Morgan fingerprint density at radius 3 is 2.88 bits per heavy atom. The molecule has 2 aromatic rings. The van der Waals surface area contributed by atoms with Gasteiger partial charge >= 0.3 is 0 Å². The van der Waals surface area contributed by atoms with E-state index in [1.54, 1.807) is 10.9 Å². The zero-order valence-corrected chi connectivity index (χ0v) is 10.1. The van der Waals surface area contributed by atoms with Crippen LogP contribution in [0.5, 0.6) is 0 Å². The van der Waals surface area contributed by atoms with Crippen molar-refractivity contribution in [2.75, 3.05) is 0 Å². The van der Waals surface area contributed by atoms with E-state index in [0.29, 0.717) is 0 Å². The molecule has 0 atom stereocenters. The van der Waals surface area contributed by atoms with Crippen molar-refractivity contribution in [1.82, 2.24) is 15.1 Å². The molecule has 0 aliphatic rings. The summed E-state index contributed by atoms with van der Waals surface area (Å²) in [6.45, 7) is 7.47. The molecule has 0 spiro atoms. The lowest BCUT2D eigenvalue weighted by Gasteiger charge is -2.04. The SMILES string of the molecule is C=Cn1cc(CNCc2cccc(C)c2)cn1. The minimum atomic E-state index is 0.821. The summed E-state index contributed by atoms with van der Waals surface area (Å²) in [5, 5.41) is 7.53. The van der Waals surface area contributed by atoms with Gasteiger partial charge in [0.1, 0.15) is 0 Å². The Labute approximate surface area is 102 Å². The van der Waals surface area contributed by atoms with Crippen LogP contribution in [-0.2, 0) is 13.1 Å². The number of aromatic nitrogens is 2. The van der Waals surface area contributed by atoms with Crippen molar-refractivity contribution in [3.63, 3.8) is 0 Å². The number of nitrogens with zero attached hydrogens (tertiary/aromatic N) is 2. The number of rotatable bonds is 5. The van der Waals surface area contributed by atoms with E-state index >= 15 is 0 Å². The van der Waals surface area contributed by atoms with Crippen molar-refractivity contribution in [3.8, 4) is 0 Å². The molecule has 0 saturated heterocycles. The van der Waals surface area contributed by atoms with Crippen LogP contribution in [0.4, 0.5) is 0 Å². The molecule has 3 heteroatoms. The van der Waals surface area contributed by atoms with Gasteiger partial charge in [-0.1, -0.05) is 36.4 Å². The first-order valence-electron chi connectivity index (χ1n) is 5.70. The van der Waals surface area contributed by atoms with E-state index in [2.05, 4.69) is 48.2 Å². The first-order chi connectivity index (χ1) is 8.28. The van der Waals surface area contributed by atoms with E-state index in [1.165, 1.54) is 11.1 Å². The summed E-state index contributed by atoms with van der Waals surface area (Å²) >= 11 is 0. The lowest BCUT2D eigenvalue weighted by molar-refractivity contribution is 0.693. The smallest absolute Gasteiger partial charge is 0.0538 e. The summed E-state index contributed by atoms with van der Waals surface area (Å²) in [6, 6.07) is 8.52. The van der Waals surface area contributed by atoms with Gasteiger partial charge in [-0.15, -0.1) is 0 Å². The summed E-state index contributed by atoms with van der Waals surface area (Å²) in [5.41, 5.74) is 3.77. The van der Waals surface area contributed by atoms with Crippen LogP contribution in [0.25, 0.3) is 6.20 Å². The van der Waals surface area contributed by atoms with Crippen molar-refractivity contribution < 1.29 is 0 Å². The number of benzene rings is 1. The van der Waals surface area contributed by atoms with Crippen molar-refractivity contribution in [2.45, 2.75) is 20.0 Å². The second-order valence-electron chi connectivity index (χ2n) is 4.10. The van der Waals surface area contributed by atoms with Crippen molar-refractivity contribution in [3.05, 3.63) is 59.9 Å². The average Bonchev–Trinajstić information content (AvgIpc) is 2.77. The molecule has 1 heterocycles. The molecule has 17 heavy (non-hydrogen) atoms. The van der Waals surface area contributed by atoms with Gasteiger partial charge in [0, 0.05) is 31.0 Å². The fourth-order valence-electron chi connectivity index (χ4n) is 1.74.